The number of carbonyl (C=O) groups is 2. The summed E-state index contributed by atoms with van der Waals surface area (Å²) in [5.41, 5.74) is 4.71. The fourth-order valence-corrected chi connectivity index (χ4v) is 6.00. The molecule has 2 aliphatic rings. The summed E-state index contributed by atoms with van der Waals surface area (Å²) < 4.78 is 23.1. The van der Waals surface area contributed by atoms with Crippen LogP contribution in [0.15, 0.2) is 89.1 Å². The molecule has 0 amide bonds. The van der Waals surface area contributed by atoms with E-state index < -0.39 is 11.8 Å². The van der Waals surface area contributed by atoms with Crippen LogP contribution in [0.2, 0.25) is 0 Å². The number of carbonyl (C=O) groups excluding carboxylic acids is 2. The van der Waals surface area contributed by atoms with Gasteiger partial charge in [0, 0.05) is 34.9 Å². The summed E-state index contributed by atoms with van der Waals surface area (Å²) in [4.78, 5) is 32.8. The molecule has 3 aromatic carbocycles. The number of para-hydroxylation sites is 1. The lowest BCUT2D eigenvalue weighted by molar-refractivity contribution is -0.151. The van der Waals surface area contributed by atoms with Crippen molar-refractivity contribution in [2.24, 2.45) is 10.9 Å². The lowest BCUT2D eigenvalue weighted by atomic mass is 9.69. The number of esters is 1. The van der Waals surface area contributed by atoms with Crippen molar-refractivity contribution in [2.45, 2.75) is 64.6 Å². The van der Waals surface area contributed by atoms with E-state index in [1.165, 1.54) is 0 Å². The monoisotopic (exact) mass is 581 g/mol. The molecule has 1 aliphatic carbocycles. The van der Waals surface area contributed by atoms with Gasteiger partial charge in [-0.2, -0.15) is 0 Å². The average molecular weight is 582 g/mol. The van der Waals surface area contributed by atoms with Gasteiger partial charge in [-0.3, -0.25) is 14.6 Å². The molecule has 0 saturated carbocycles. The topological polar surface area (TPSA) is 83.4 Å². The van der Waals surface area contributed by atoms with Crippen LogP contribution in [0.25, 0.3) is 0 Å². The molecule has 0 saturated heterocycles. The molecule has 0 aromatic heterocycles. The smallest absolute Gasteiger partial charge is 0.315 e. The molecule has 224 valence electrons. The number of benzene rings is 3. The second kappa shape index (κ2) is 13.3. The van der Waals surface area contributed by atoms with Crippen molar-refractivity contribution in [3.63, 3.8) is 0 Å². The van der Waals surface area contributed by atoms with Gasteiger partial charge >= 0.3 is 5.97 Å². The maximum absolute atomic E-state index is 14.1. The van der Waals surface area contributed by atoms with Gasteiger partial charge in [0.2, 0.25) is 0 Å². The molecule has 3 aromatic rings. The fourth-order valence-electron chi connectivity index (χ4n) is 6.00. The first-order chi connectivity index (χ1) is 20.8. The van der Waals surface area contributed by atoms with Crippen molar-refractivity contribution in [2.75, 3.05) is 14.2 Å². The molecule has 1 aliphatic heterocycles. The normalized spacial score (nSPS) is 20.5. The SMILES string of the molecule is CC[C@@H](C)OC(=O)C1C(C)=NC2=C(C(=O)C[C@H](c3ccc(OC)c(OC)c3)C2)[C@H]1c1ccccc1OCc1ccccc1. The van der Waals surface area contributed by atoms with Gasteiger partial charge in [0.1, 0.15) is 18.3 Å². The number of Topliss-reactive ketones (excluding diaryl/α,β-unsaturated/α-hetero) is 1. The summed E-state index contributed by atoms with van der Waals surface area (Å²) in [7, 11) is 3.20. The third-order valence-electron chi connectivity index (χ3n) is 8.41. The summed E-state index contributed by atoms with van der Waals surface area (Å²) in [6.07, 6.45) is 1.29. The Bertz CT molecular complexity index is 1540. The van der Waals surface area contributed by atoms with Crippen LogP contribution in [0.5, 0.6) is 17.2 Å². The van der Waals surface area contributed by atoms with Crippen LogP contribution in [0.4, 0.5) is 0 Å². The minimum Gasteiger partial charge on any atom is -0.493 e. The van der Waals surface area contributed by atoms with E-state index in [2.05, 4.69) is 0 Å². The molecule has 5 rings (SSSR count). The van der Waals surface area contributed by atoms with Gasteiger partial charge in [-0.1, -0.05) is 61.5 Å². The van der Waals surface area contributed by atoms with Gasteiger partial charge in [0.05, 0.1) is 20.3 Å². The third kappa shape index (κ3) is 6.36. The first kappa shape index (κ1) is 30.1. The minimum absolute atomic E-state index is 0.0264. The van der Waals surface area contributed by atoms with Crippen LogP contribution in [0.3, 0.4) is 0 Å². The van der Waals surface area contributed by atoms with Gasteiger partial charge in [-0.25, -0.2) is 0 Å². The van der Waals surface area contributed by atoms with E-state index in [4.69, 9.17) is 23.9 Å². The number of methoxy groups -OCH3 is 2. The predicted molar refractivity (Wildman–Crippen MR) is 166 cm³/mol. The summed E-state index contributed by atoms with van der Waals surface area (Å²) in [5.74, 6) is 0.0814. The van der Waals surface area contributed by atoms with E-state index in [0.29, 0.717) is 60.1 Å². The van der Waals surface area contributed by atoms with Crippen LogP contribution in [-0.2, 0) is 20.9 Å². The molecular formula is C36H39NO6. The second-order valence-corrected chi connectivity index (χ2v) is 11.2. The summed E-state index contributed by atoms with van der Waals surface area (Å²) in [5, 5.41) is 0. The van der Waals surface area contributed by atoms with Crippen LogP contribution in [0.1, 0.15) is 68.6 Å². The quantitative estimate of drug-likeness (QED) is 0.236. The number of aliphatic imine (C=N–C) groups is 1. The summed E-state index contributed by atoms with van der Waals surface area (Å²) >= 11 is 0. The van der Waals surface area contributed by atoms with E-state index in [1.54, 1.807) is 14.2 Å². The number of ketones is 1. The largest absolute Gasteiger partial charge is 0.493 e. The number of rotatable bonds is 10. The molecule has 1 heterocycles. The van der Waals surface area contributed by atoms with E-state index in [1.807, 2.05) is 93.6 Å². The molecule has 0 bridgehead atoms. The van der Waals surface area contributed by atoms with Crippen molar-refractivity contribution in [1.82, 2.24) is 0 Å². The van der Waals surface area contributed by atoms with Gasteiger partial charge in [0.15, 0.2) is 17.3 Å². The zero-order chi connectivity index (χ0) is 30.5. The number of nitrogens with zero attached hydrogens (tertiary/aromatic N) is 1. The molecule has 0 N–H and O–H groups in total. The second-order valence-electron chi connectivity index (χ2n) is 11.2. The first-order valence-corrected chi connectivity index (χ1v) is 14.8. The molecule has 0 fully saturated rings. The maximum Gasteiger partial charge on any atom is 0.315 e. The highest BCUT2D eigenvalue weighted by Gasteiger charge is 2.46. The van der Waals surface area contributed by atoms with Gasteiger partial charge in [-0.05, 0) is 61.9 Å². The number of hydrogen-bond acceptors (Lipinski definition) is 7. The lowest BCUT2D eigenvalue weighted by Crippen LogP contribution is -2.39. The van der Waals surface area contributed by atoms with Crippen LogP contribution < -0.4 is 14.2 Å². The molecular weight excluding hydrogens is 542 g/mol. The number of ether oxygens (including phenoxy) is 4. The Morgan fingerprint density at radius 3 is 2.37 bits per heavy atom. The third-order valence-corrected chi connectivity index (χ3v) is 8.41. The van der Waals surface area contributed by atoms with Crippen molar-refractivity contribution >= 4 is 17.5 Å². The fraction of sp³-hybridized carbons (Fsp3) is 0.361. The Balaban J connectivity index is 1.56. The molecule has 7 heteroatoms. The van der Waals surface area contributed by atoms with E-state index >= 15 is 0 Å². The van der Waals surface area contributed by atoms with Crippen molar-refractivity contribution in [3.05, 3.63) is 101 Å². The Hall–Kier alpha value is -4.39. The summed E-state index contributed by atoms with van der Waals surface area (Å²) in [6.45, 7) is 6.07. The highest BCUT2D eigenvalue weighted by Crippen LogP contribution is 2.49. The van der Waals surface area contributed by atoms with E-state index in [0.717, 1.165) is 16.7 Å². The van der Waals surface area contributed by atoms with Crippen molar-refractivity contribution in [1.29, 1.82) is 0 Å². The van der Waals surface area contributed by atoms with Gasteiger partial charge in [-0.15, -0.1) is 0 Å². The number of allylic oxidation sites excluding steroid dienone is 2. The molecule has 4 atom stereocenters. The van der Waals surface area contributed by atoms with E-state index in [9.17, 15) is 9.59 Å². The molecule has 1 unspecified atom stereocenters. The standard InChI is InChI=1S/C36H39NO6/c1-6-22(2)43-36(39)33-23(3)37-28-18-26(25-16-17-31(40-4)32(20-25)41-5)19-29(38)35(28)34(33)27-14-10-11-15-30(27)42-21-24-12-8-7-9-13-24/h7-17,20,22,26,33-34H,6,18-19,21H2,1-5H3/t22-,26-,33?,34+/m1/s1. The van der Waals surface area contributed by atoms with E-state index in [-0.39, 0.29) is 23.8 Å². The highest BCUT2D eigenvalue weighted by atomic mass is 16.5. The molecule has 43 heavy (non-hydrogen) atoms. The average Bonchev–Trinajstić information content (AvgIpc) is 3.03. The molecule has 7 nitrogen and oxygen atoms in total. The Morgan fingerprint density at radius 2 is 1.65 bits per heavy atom. The minimum atomic E-state index is -0.740. The van der Waals surface area contributed by atoms with Crippen LogP contribution in [0, 0.1) is 5.92 Å². The Kier molecular flexibility index (Phi) is 9.29. The van der Waals surface area contributed by atoms with Crippen molar-refractivity contribution in [3.8, 4) is 17.2 Å². The van der Waals surface area contributed by atoms with Crippen LogP contribution >= 0.6 is 0 Å². The zero-order valence-electron chi connectivity index (χ0n) is 25.5. The molecule has 0 spiro atoms. The zero-order valence-corrected chi connectivity index (χ0v) is 25.5. The highest BCUT2D eigenvalue weighted by molar-refractivity contribution is 6.09. The Morgan fingerprint density at radius 1 is 0.930 bits per heavy atom. The number of hydrogen-bond donors (Lipinski definition) is 0. The molecule has 0 radical (unpaired) electrons. The first-order valence-electron chi connectivity index (χ1n) is 14.8. The Labute approximate surface area is 253 Å². The maximum atomic E-state index is 14.1. The van der Waals surface area contributed by atoms with Crippen molar-refractivity contribution < 1.29 is 28.5 Å². The summed E-state index contributed by atoms with van der Waals surface area (Å²) in [6, 6.07) is 23.4. The van der Waals surface area contributed by atoms with Gasteiger partial charge < -0.3 is 18.9 Å². The lowest BCUT2D eigenvalue weighted by Gasteiger charge is -2.37. The predicted octanol–water partition coefficient (Wildman–Crippen LogP) is 7.20. The van der Waals surface area contributed by atoms with Gasteiger partial charge in [0.25, 0.3) is 0 Å². The van der Waals surface area contributed by atoms with Crippen LogP contribution in [-0.4, -0.2) is 37.8 Å².